The summed E-state index contributed by atoms with van der Waals surface area (Å²) in [6.07, 6.45) is 5.53. The first kappa shape index (κ1) is 14.1. The molecule has 0 spiro atoms. The number of hydrogen-bond donors (Lipinski definition) is 0. The molecule has 1 unspecified atom stereocenters. The average Bonchev–Trinajstić information content (AvgIpc) is 3.29. The van der Waals surface area contributed by atoms with Gasteiger partial charge >= 0.3 is 0 Å². The lowest BCUT2D eigenvalue weighted by molar-refractivity contribution is 0.199. The molecular formula is C16H17N5O2. The lowest BCUT2D eigenvalue weighted by atomic mass is 10.2. The van der Waals surface area contributed by atoms with Crippen molar-refractivity contribution in [3.8, 4) is 11.5 Å². The average molecular weight is 311 g/mol. The van der Waals surface area contributed by atoms with E-state index in [9.17, 15) is 0 Å². The Labute approximate surface area is 133 Å². The van der Waals surface area contributed by atoms with Crippen LogP contribution in [0.15, 0.2) is 39.6 Å². The van der Waals surface area contributed by atoms with Crippen molar-refractivity contribution >= 4 is 0 Å². The van der Waals surface area contributed by atoms with Gasteiger partial charge in [-0.2, -0.15) is 4.98 Å². The number of likely N-dealkylation sites (tertiary alicyclic amines) is 1. The number of aromatic nitrogens is 4. The van der Waals surface area contributed by atoms with E-state index in [1.165, 1.54) is 0 Å². The van der Waals surface area contributed by atoms with Gasteiger partial charge in [-0.15, -0.1) is 0 Å². The summed E-state index contributed by atoms with van der Waals surface area (Å²) < 4.78 is 10.8. The number of nitrogens with zero attached hydrogens (tertiary/aromatic N) is 5. The lowest BCUT2D eigenvalue weighted by Gasteiger charge is -2.19. The van der Waals surface area contributed by atoms with Gasteiger partial charge < -0.3 is 8.94 Å². The Morgan fingerprint density at radius 3 is 3.04 bits per heavy atom. The van der Waals surface area contributed by atoms with Crippen molar-refractivity contribution in [1.82, 2.24) is 25.0 Å². The fourth-order valence-electron chi connectivity index (χ4n) is 2.95. The summed E-state index contributed by atoms with van der Waals surface area (Å²) in [5.41, 5.74) is 1.65. The Hall–Kier alpha value is -2.54. The molecule has 0 aliphatic carbocycles. The Morgan fingerprint density at radius 1 is 1.30 bits per heavy atom. The molecule has 1 aliphatic rings. The van der Waals surface area contributed by atoms with Crippen LogP contribution in [0.2, 0.25) is 0 Å². The van der Waals surface area contributed by atoms with Gasteiger partial charge in [0.1, 0.15) is 12.0 Å². The Bertz CT molecular complexity index is 783. The third-order valence-electron chi connectivity index (χ3n) is 4.02. The van der Waals surface area contributed by atoms with E-state index in [0.29, 0.717) is 17.6 Å². The summed E-state index contributed by atoms with van der Waals surface area (Å²) in [6.45, 7) is 3.56. The maximum Gasteiger partial charge on any atom is 0.244 e. The van der Waals surface area contributed by atoms with Gasteiger partial charge in [0.2, 0.25) is 11.7 Å². The molecule has 1 fully saturated rings. The largest absolute Gasteiger partial charge is 0.449 e. The molecule has 0 bridgehead atoms. The number of pyridine rings is 1. The molecule has 1 atom stereocenters. The van der Waals surface area contributed by atoms with Crippen LogP contribution >= 0.6 is 0 Å². The zero-order chi connectivity index (χ0) is 15.6. The van der Waals surface area contributed by atoms with E-state index in [1.54, 1.807) is 12.5 Å². The van der Waals surface area contributed by atoms with Crippen LogP contribution in [0, 0.1) is 6.92 Å². The third kappa shape index (κ3) is 2.87. The number of aryl methyl sites for hydroxylation is 1. The van der Waals surface area contributed by atoms with E-state index in [2.05, 4.69) is 25.0 Å². The highest BCUT2D eigenvalue weighted by Crippen LogP contribution is 2.32. The molecule has 7 nitrogen and oxygen atoms in total. The van der Waals surface area contributed by atoms with Crippen LogP contribution in [0.3, 0.4) is 0 Å². The summed E-state index contributed by atoms with van der Waals surface area (Å²) in [7, 11) is 0. The molecule has 4 heterocycles. The van der Waals surface area contributed by atoms with E-state index in [1.807, 2.05) is 25.1 Å². The molecule has 3 aromatic rings. The van der Waals surface area contributed by atoms with Crippen LogP contribution in [0.5, 0.6) is 0 Å². The highest BCUT2D eigenvalue weighted by atomic mass is 16.5. The topological polar surface area (TPSA) is 81.1 Å². The van der Waals surface area contributed by atoms with Crippen molar-refractivity contribution in [2.45, 2.75) is 32.4 Å². The Morgan fingerprint density at radius 2 is 2.26 bits per heavy atom. The first-order valence-electron chi connectivity index (χ1n) is 7.69. The summed E-state index contributed by atoms with van der Waals surface area (Å²) in [5.74, 6) is 1.86. The smallest absolute Gasteiger partial charge is 0.244 e. The van der Waals surface area contributed by atoms with Gasteiger partial charge in [-0.3, -0.25) is 9.88 Å². The summed E-state index contributed by atoms with van der Waals surface area (Å²) >= 11 is 0. The molecule has 3 aromatic heterocycles. The fraction of sp³-hybridized carbons (Fsp3) is 0.375. The molecular weight excluding hydrogens is 294 g/mol. The van der Waals surface area contributed by atoms with Crippen molar-refractivity contribution in [1.29, 1.82) is 0 Å². The van der Waals surface area contributed by atoms with Gasteiger partial charge in [0.25, 0.3) is 0 Å². The van der Waals surface area contributed by atoms with E-state index in [0.717, 1.165) is 37.3 Å². The molecule has 0 radical (unpaired) electrons. The van der Waals surface area contributed by atoms with Crippen molar-refractivity contribution in [2.75, 3.05) is 6.54 Å². The third-order valence-corrected chi connectivity index (χ3v) is 4.02. The van der Waals surface area contributed by atoms with Gasteiger partial charge in [-0.1, -0.05) is 11.2 Å². The van der Waals surface area contributed by atoms with Gasteiger partial charge in [-0.25, -0.2) is 4.98 Å². The molecule has 118 valence electrons. The summed E-state index contributed by atoms with van der Waals surface area (Å²) in [6, 6.07) is 5.77. The van der Waals surface area contributed by atoms with Gasteiger partial charge in [0, 0.05) is 19.7 Å². The molecule has 4 rings (SSSR count). The minimum absolute atomic E-state index is 0.122. The second-order valence-corrected chi connectivity index (χ2v) is 5.66. The molecule has 0 aromatic carbocycles. The minimum atomic E-state index is 0.122. The molecule has 7 heteroatoms. The standard InChI is InChI=1S/C16H17N5O2/c1-11-18-12(10-22-11)9-21-8-4-6-14(21)16-19-15(20-23-16)13-5-2-3-7-17-13/h2-3,5,7,10,14H,4,6,8-9H2,1H3. The van der Waals surface area contributed by atoms with E-state index >= 15 is 0 Å². The molecule has 0 N–H and O–H groups in total. The fourth-order valence-corrected chi connectivity index (χ4v) is 2.95. The predicted molar refractivity (Wildman–Crippen MR) is 81.2 cm³/mol. The van der Waals surface area contributed by atoms with E-state index < -0.39 is 0 Å². The Kier molecular flexibility index (Phi) is 3.63. The minimum Gasteiger partial charge on any atom is -0.449 e. The molecule has 1 saturated heterocycles. The van der Waals surface area contributed by atoms with Gasteiger partial charge in [0.05, 0.1) is 11.7 Å². The number of rotatable bonds is 4. The van der Waals surface area contributed by atoms with Crippen molar-refractivity contribution < 1.29 is 8.94 Å². The molecule has 1 aliphatic heterocycles. The number of hydrogen-bond acceptors (Lipinski definition) is 7. The summed E-state index contributed by atoms with van der Waals surface area (Å²) in [5, 5.41) is 4.07. The van der Waals surface area contributed by atoms with Crippen molar-refractivity contribution in [2.24, 2.45) is 0 Å². The quantitative estimate of drug-likeness (QED) is 0.732. The van der Waals surface area contributed by atoms with Crippen LogP contribution in [-0.4, -0.2) is 31.6 Å². The van der Waals surface area contributed by atoms with Crippen molar-refractivity contribution in [3.63, 3.8) is 0 Å². The molecule has 0 saturated carbocycles. The zero-order valence-electron chi connectivity index (χ0n) is 12.8. The molecule has 0 amide bonds. The number of oxazole rings is 1. The zero-order valence-corrected chi connectivity index (χ0v) is 12.8. The summed E-state index contributed by atoms with van der Waals surface area (Å²) in [4.78, 5) is 15.5. The van der Waals surface area contributed by atoms with E-state index in [4.69, 9.17) is 8.94 Å². The first-order valence-corrected chi connectivity index (χ1v) is 7.69. The second kappa shape index (κ2) is 5.92. The first-order chi connectivity index (χ1) is 11.3. The van der Waals surface area contributed by atoms with Crippen LogP contribution in [0.1, 0.15) is 36.4 Å². The van der Waals surface area contributed by atoms with Crippen LogP contribution in [0.4, 0.5) is 0 Å². The van der Waals surface area contributed by atoms with Crippen LogP contribution in [-0.2, 0) is 6.54 Å². The predicted octanol–water partition coefficient (Wildman–Crippen LogP) is 2.77. The van der Waals surface area contributed by atoms with Crippen LogP contribution < -0.4 is 0 Å². The van der Waals surface area contributed by atoms with Crippen molar-refractivity contribution in [3.05, 3.63) is 48.1 Å². The SMILES string of the molecule is Cc1nc(CN2CCCC2c2nc(-c3ccccn3)no2)co1. The monoisotopic (exact) mass is 311 g/mol. The highest BCUT2D eigenvalue weighted by molar-refractivity contribution is 5.47. The normalized spacial score (nSPS) is 18.6. The van der Waals surface area contributed by atoms with E-state index in [-0.39, 0.29) is 6.04 Å². The van der Waals surface area contributed by atoms with Crippen LogP contribution in [0.25, 0.3) is 11.5 Å². The highest BCUT2D eigenvalue weighted by Gasteiger charge is 2.31. The maximum absolute atomic E-state index is 5.49. The lowest BCUT2D eigenvalue weighted by Crippen LogP contribution is -2.23. The second-order valence-electron chi connectivity index (χ2n) is 5.66. The molecule has 23 heavy (non-hydrogen) atoms. The Balaban J connectivity index is 1.54. The maximum atomic E-state index is 5.49. The van der Waals surface area contributed by atoms with Gasteiger partial charge in [0.15, 0.2) is 5.89 Å². The van der Waals surface area contributed by atoms with Gasteiger partial charge in [-0.05, 0) is 31.5 Å².